The summed E-state index contributed by atoms with van der Waals surface area (Å²) in [6.07, 6.45) is 27.3. The lowest BCUT2D eigenvalue weighted by atomic mass is 9.44. The van der Waals surface area contributed by atoms with Gasteiger partial charge in [0, 0.05) is 0 Å². The fourth-order valence-electron chi connectivity index (χ4n) is 11.7. The van der Waals surface area contributed by atoms with Crippen LogP contribution in [-0.4, -0.2) is 43.7 Å². The number of hydrogen-bond acceptors (Lipinski definition) is 2. The van der Waals surface area contributed by atoms with Crippen LogP contribution in [0.4, 0.5) is 0 Å². The molecule has 0 bridgehead atoms. The number of fused-ring (bicyclic) bond motifs is 5. The summed E-state index contributed by atoms with van der Waals surface area (Å²) >= 11 is 0. The summed E-state index contributed by atoms with van der Waals surface area (Å²) in [6.45, 7) is 16.6. The Morgan fingerprint density at radius 3 is 2.14 bits per heavy atom. The highest BCUT2D eigenvalue weighted by molar-refractivity contribution is 5.70. The van der Waals surface area contributed by atoms with Gasteiger partial charge in [0.2, 0.25) is 0 Å². The Morgan fingerprint density at radius 1 is 0.773 bits per heavy atom. The number of quaternary nitrogens is 1. The van der Waals surface area contributed by atoms with E-state index in [1.807, 2.05) is 0 Å². The van der Waals surface area contributed by atoms with Gasteiger partial charge in [-0.1, -0.05) is 99.3 Å². The molecule has 4 fully saturated rings. The average Bonchev–Trinajstić information content (AvgIpc) is 3.31. The lowest BCUT2D eigenvalue weighted by Gasteiger charge is -2.61. The number of carbonyl (C=O) groups excluding carboxylic acids is 1. The molecule has 9 atom stereocenters. The van der Waals surface area contributed by atoms with Crippen LogP contribution in [0.2, 0.25) is 0 Å². The molecule has 4 saturated carbocycles. The van der Waals surface area contributed by atoms with E-state index in [9.17, 15) is 4.79 Å². The zero-order valence-electron chi connectivity index (χ0n) is 30.9. The van der Waals surface area contributed by atoms with Gasteiger partial charge in [-0.2, -0.15) is 0 Å². The summed E-state index contributed by atoms with van der Waals surface area (Å²) in [5.74, 6) is 6.25. The summed E-state index contributed by atoms with van der Waals surface area (Å²) in [6, 6.07) is 0. The van der Waals surface area contributed by atoms with Gasteiger partial charge in [0.05, 0.1) is 20.6 Å². The molecule has 4 aliphatic carbocycles. The molecule has 3 nitrogen and oxygen atoms in total. The molecular formula is C41H76NO2+. The van der Waals surface area contributed by atoms with E-state index in [1.165, 1.54) is 116 Å². The van der Waals surface area contributed by atoms with E-state index < -0.39 is 0 Å². The molecule has 3 heteroatoms. The number of likely N-dealkylation sites (N-methyl/N-ethyl adjacent to an activating group) is 1. The molecule has 0 heterocycles. The Morgan fingerprint density at radius 2 is 1.43 bits per heavy atom. The zero-order valence-corrected chi connectivity index (χ0v) is 30.9. The lowest BCUT2D eigenvalue weighted by molar-refractivity contribution is -0.883. The van der Waals surface area contributed by atoms with Crippen LogP contribution in [0.5, 0.6) is 0 Å². The first-order valence-corrected chi connectivity index (χ1v) is 19.9. The van der Waals surface area contributed by atoms with Crippen molar-refractivity contribution < 1.29 is 14.0 Å². The molecule has 0 aliphatic heterocycles. The normalized spacial score (nSPS) is 36.0. The Bertz CT molecular complexity index is 882. The van der Waals surface area contributed by atoms with Gasteiger partial charge in [0.1, 0.15) is 6.10 Å². The topological polar surface area (TPSA) is 26.3 Å². The van der Waals surface area contributed by atoms with Crippen LogP contribution >= 0.6 is 0 Å². The molecule has 0 spiro atoms. The minimum Gasteiger partial charge on any atom is -0.458 e. The summed E-state index contributed by atoms with van der Waals surface area (Å²) in [5, 5.41) is 0. The van der Waals surface area contributed by atoms with Gasteiger partial charge in [-0.05, 0) is 123 Å². The van der Waals surface area contributed by atoms with Crippen molar-refractivity contribution in [2.45, 2.75) is 176 Å². The standard InChI is InChI=1S/C41H76NO2/c1-9-10-11-12-13-14-15-16-28-42(7,8)30-39(43)44-34-24-26-40(5)33(29-34)20-21-35-37-23-22-36(32(4)19-17-18-31(2)3)41(37,6)27-25-38(35)40/h31-38H,9-30H2,1-8H3/q+1/t32-,33+,34+,35+,36-,37+,38+,40+,41-/m1/s1. The number of hydrogen-bond donors (Lipinski definition) is 0. The smallest absolute Gasteiger partial charge is 0.362 e. The molecule has 256 valence electrons. The number of ether oxygens (including phenoxy) is 1. The predicted octanol–water partition coefficient (Wildman–Crippen LogP) is 11.2. The van der Waals surface area contributed by atoms with Crippen molar-refractivity contribution >= 4 is 5.97 Å². The second-order valence-corrected chi connectivity index (χ2v) is 18.4. The van der Waals surface area contributed by atoms with Crippen molar-refractivity contribution in [3.63, 3.8) is 0 Å². The van der Waals surface area contributed by atoms with E-state index in [-0.39, 0.29) is 12.1 Å². The third-order valence-electron chi connectivity index (χ3n) is 14.3. The largest absolute Gasteiger partial charge is 0.458 e. The van der Waals surface area contributed by atoms with Crippen molar-refractivity contribution in [3.05, 3.63) is 0 Å². The average molecular weight is 615 g/mol. The molecule has 0 unspecified atom stereocenters. The second kappa shape index (κ2) is 16.0. The van der Waals surface area contributed by atoms with Crippen molar-refractivity contribution in [1.29, 1.82) is 0 Å². The predicted molar refractivity (Wildman–Crippen MR) is 187 cm³/mol. The van der Waals surface area contributed by atoms with Gasteiger partial charge >= 0.3 is 5.97 Å². The first-order chi connectivity index (χ1) is 20.9. The van der Waals surface area contributed by atoms with Gasteiger partial charge in [-0.15, -0.1) is 0 Å². The van der Waals surface area contributed by atoms with Crippen LogP contribution in [0, 0.1) is 52.3 Å². The second-order valence-electron chi connectivity index (χ2n) is 18.4. The highest BCUT2D eigenvalue weighted by Gasteiger charge is 2.60. The maximum atomic E-state index is 13.1. The van der Waals surface area contributed by atoms with E-state index >= 15 is 0 Å². The van der Waals surface area contributed by atoms with Crippen molar-refractivity contribution in [2.24, 2.45) is 52.3 Å². The van der Waals surface area contributed by atoms with Crippen molar-refractivity contribution in [3.8, 4) is 0 Å². The Balaban J connectivity index is 1.23. The molecule has 44 heavy (non-hydrogen) atoms. The monoisotopic (exact) mass is 615 g/mol. The van der Waals surface area contributed by atoms with Crippen LogP contribution in [0.1, 0.15) is 170 Å². The third-order valence-corrected chi connectivity index (χ3v) is 14.3. The minimum atomic E-state index is 0.0461. The van der Waals surface area contributed by atoms with Gasteiger partial charge < -0.3 is 9.22 Å². The lowest BCUT2D eigenvalue weighted by Crippen LogP contribution is -2.54. The number of unbranched alkanes of at least 4 members (excludes halogenated alkanes) is 7. The van der Waals surface area contributed by atoms with Crippen LogP contribution in [-0.2, 0) is 9.53 Å². The summed E-state index contributed by atoms with van der Waals surface area (Å²) in [7, 11) is 4.44. The van der Waals surface area contributed by atoms with Crippen molar-refractivity contribution in [1.82, 2.24) is 0 Å². The molecule has 0 aromatic carbocycles. The summed E-state index contributed by atoms with van der Waals surface area (Å²) < 4.78 is 7.03. The molecule has 4 rings (SSSR count). The van der Waals surface area contributed by atoms with Gasteiger partial charge in [-0.3, -0.25) is 0 Å². The van der Waals surface area contributed by atoms with E-state index in [1.54, 1.807) is 0 Å². The SMILES string of the molecule is CCCCCCCCCC[N+](C)(C)CC(=O)O[C@H]1CC[C@@]2(C)[C@@H](CC[C@@H]3[C@@H]2CC[C@]2(C)[C@@H]([C@H](C)CCCC(C)C)CC[C@@H]32)C1. The molecule has 0 amide bonds. The molecule has 4 aliphatic rings. The van der Waals surface area contributed by atoms with Crippen LogP contribution in [0.3, 0.4) is 0 Å². The van der Waals surface area contributed by atoms with Crippen LogP contribution in [0.15, 0.2) is 0 Å². The zero-order chi connectivity index (χ0) is 32.0. The fourth-order valence-corrected chi connectivity index (χ4v) is 11.7. The minimum absolute atomic E-state index is 0.0461. The van der Waals surface area contributed by atoms with Gasteiger partial charge in [0.15, 0.2) is 6.54 Å². The quantitative estimate of drug-likeness (QED) is 0.0925. The van der Waals surface area contributed by atoms with Crippen LogP contribution < -0.4 is 0 Å². The molecule has 0 aromatic rings. The van der Waals surface area contributed by atoms with Crippen molar-refractivity contribution in [2.75, 3.05) is 27.2 Å². The molecule has 0 N–H and O–H groups in total. The number of carbonyl (C=O) groups is 1. The maximum Gasteiger partial charge on any atom is 0.362 e. The maximum absolute atomic E-state index is 13.1. The highest BCUT2D eigenvalue weighted by atomic mass is 16.5. The van der Waals surface area contributed by atoms with E-state index in [4.69, 9.17) is 4.74 Å². The number of esters is 1. The Hall–Kier alpha value is -0.570. The first-order valence-electron chi connectivity index (χ1n) is 19.9. The van der Waals surface area contributed by atoms with E-state index in [0.29, 0.717) is 17.4 Å². The summed E-state index contributed by atoms with van der Waals surface area (Å²) in [5.41, 5.74) is 1.04. The number of rotatable bonds is 17. The fraction of sp³-hybridized carbons (Fsp3) is 0.976. The molecule has 0 saturated heterocycles. The van der Waals surface area contributed by atoms with Gasteiger partial charge in [-0.25, -0.2) is 4.79 Å². The van der Waals surface area contributed by atoms with Crippen LogP contribution in [0.25, 0.3) is 0 Å². The van der Waals surface area contributed by atoms with E-state index in [2.05, 4.69) is 55.6 Å². The first kappa shape index (κ1) is 36.3. The summed E-state index contributed by atoms with van der Waals surface area (Å²) in [4.78, 5) is 13.1. The molecule has 0 aromatic heterocycles. The highest BCUT2D eigenvalue weighted by Crippen LogP contribution is 2.68. The number of nitrogens with zero attached hydrogens (tertiary/aromatic N) is 1. The molecular weight excluding hydrogens is 538 g/mol. The molecule has 0 radical (unpaired) electrons. The van der Waals surface area contributed by atoms with Gasteiger partial charge in [0.25, 0.3) is 0 Å². The van der Waals surface area contributed by atoms with E-state index in [0.717, 1.165) is 65.3 Å². The third kappa shape index (κ3) is 8.86. The Kier molecular flexibility index (Phi) is 13.2. The Labute approximate surface area is 275 Å².